The number of aliphatic carboxylic acids is 2. The number of allylic oxidation sites excluding steroid dienone is 2. The molecule has 0 aromatic rings. The smallest absolute Gasteiger partial charge is 0.545 e. The van der Waals surface area contributed by atoms with E-state index in [1.807, 2.05) is 0 Å². The van der Waals surface area contributed by atoms with Gasteiger partial charge in [-0.1, -0.05) is 12.2 Å². The molecule has 15 heavy (non-hydrogen) atoms. The van der Waals surface area contributed by atoms with E-state index in [4.69, 9.17) is 23.2 Å². The van der Waals surface area contributed by atoms with Crippen LogP contribution in [-0.2, 0) is 36.9 Å². The summed E-state index contributed by atoms with van der Waals surface area (Å²) < 4.78 is 0. The van der Waals surface area contributed by atoms with Crippen molar-refractivity contribution in [2.24, 2.45) is 0 Å². The fourth-order valence-corrected chi connectivity index (χ4v) is 0.460. The summed E-state index contributed by atoms with van der Waals surface area (Å²) in [5.74, 6) is -1.98. The van der Waals surface area contributed by atoms with Crippen LogP contribution in [0.15, 0.2) is 24.3 Å². The van der Waals surface area contributed by atoms with Crippen LogP contribution in [0.25, 0.3) is 0 Å². The Balaban J connectivity index is -0.000000180. The molecule has 0 fully saturated rings. The van der Waals surface area contributed by atoms with Crippen molar-refractivity contribution in [3.05, 3.63) is 24.3 Å². The molecular weight excluding hydrogens is 343 g/mol. The number of carboxylic acids is 2. The first-order valence-electron chi connectivity index (χ1n) is 3.41. The van der Waals surface area contributed by atoms with E-state index in [1.54, 1.807) is 0 Å². The predicted molar refractivity (Wildman–Crippen MR) is 49.7 cm³/mol. The van der Waals surface area contributed by atoms with Gasteiger partial charge in [-0.15, -0.1) is 23.2 Å². The van der Waals surface area contributed by atoms with Crippen LogP contribution in [0.4, 0.5) is 0 Å². The quantitative estimate of drug-likeness (QED) is 0.372. The van der Waals surface area contributed by atoms with Crippen LogP contribution in [0.3, 0.4) is 0 Å². The Hall–Kier alpha value is -0.0779. The Morgan fingerprint density at radius 3 is 1.27 bits per heavy atom. The molecule has 7 heteroatoms. The van der Waals surface area contributed by atoms with Crippen LogP contribution in [0.5, 0.6) is 0 Å². The Morgan fingerprint density at radius 1 is 0.933 bits per heavy atom. The minimum absolute atomic E-state index is 0. The van der Waals surface area contributed by atoms with E-state index >= 15 is 0 Å². The number of hydrogen-bond donors (Lipinski definition) is 0. The molecule has 0 amide bonds. The van der Waals surface area contributed by atoms with Crippen molar-refractivity contribution in [1.29, 1.82) is 0 Å². The van der Waals surface area contributed by atoms with E-state index in [9.17, 15) is 19.8 Å². The summed E-state index contributed by atoms with van der Waals surface area (Å²) in [6.45, 7) is 0. The van der Waals surface area contributed by atoms with E-state index in [0.717, 1.165) is 12.2 Å². The standard InChI is InChI=1S/2C4H5ClO2.Cd/c2*5-3-1-2-4(6)7;/h2*1-2H,3H2,(H,6,7);/q;;+2/p-2/b2*2-1+;. The molecule has 4 nitrogen and oxygen atoms in total. The van der Waals surface area contributed by atoms with Gasteiger partial charge in [0.25, 0.3) is 0 Å². The third-order valence-corrected chi connectivity index (χ3v) is 1.04. The van der Waals surface area contributed by atoms with Crippen molar-refractivity contribution in [1.82, 2.24) is 0 Å². The maximum atomic E-state index is 9.50. The summed E-state index contributed by atoms with van der Waals surface area (Å²) >= 11 is 10.1. The number of carboxylic acid groups (broad SMARTS) is 2. The van der Waals surface area contributed by atoms with Gasteiger partial charge in [0, 0.05) is 11.8 Å². The number of halogens is 2. The Morgan fingerprint density at radius 2 is 1.20 bits per heavy atom. The van der Waals surface area contributed by atoms with E-state index in [-0.39, 0.29) is 39.1 Å². The summed E-state index contributed by atoms with van der Waals surface area (Å²) in [6.07, 6.45) is 4.40. The van der Waals surface area contributed by atoms with Crippen LogP contribution in [0.2, 0.25) is 0 Å². The molecule has 0 aliphatic heterocycles. The Bertz CT molecular complexity index is 205. The van der Waals surface area contributed by atoms with Gasteiger partial charge in [-0.05, 0) is 12.2 Å². The zero-order chi connectivity index (χ0) is 11.4. The average Bonchev–Trinajstić information content (AvgIpc) is 2.12. The second-order valence-electron chi connectivity index (χ2n) is 1.75. The zero-order valence-electron chi connectivity index (χ0n) is 7.82. The second-order valence-corrected chi connectivity index (χ2v) is 2.37. The molecule has 0 aromatic heterocycles. The normalized spacial score (nSPS) is 9.20. The van der Waals surface area contributed by atoms with Gasteiger partial charge in [-0.2, -0.15) is 0 Å². The zero-order valence-corrected chi connectivity index (χ0v) is 13.4. The van der Waals surface area contributed by atoms with E-state index in [2.05, 4.69) is 0 Å². The third kappa shape index (κ3) is 31.5. The molecule has 0 aliphatic carbocycles. The molecule has 0 aromatic carbocycles. The Labute approximate surface area is 118 Å². The van der Waals surface area contributed by atoms with Gasteiger partial charge >= 0.3 is 27.3 Å². The third-order valence-electron chi connectivity index (χ3n) is 0.686. The van der Waals surface area contributed by atoms with E-state index in [0.29, 0.717) is 0 Å². The summed E-state index contributed by atoms with van der Waals surface area (Å²) in [6, 6.07) is 0. The van der Waals surface area contributed by atoms with Crippen molar-refractivity contribution in [2.75, 3.05) is 11.8 Å². The molecule has 0 unspecified atom stereocenters. The monoisotopic (exact) mass is 352 g/mol. The molecule has 0 saturated heterocycles. The molecule has 80 valence electrons. The number of alkyl halides is 2. The van der Waals surface area contributed by atoms with Crippen molar-refractivity contribution in [3.8, 4) is 0 Å². The SMILES string of the molecule is O=C([O-])/C=C/CCl.O=C([O-])/C=C/CCl.[Cd+2]. The van der Waals surface area contributed by atoms with Gasteiger partial charge < -0.3 is 19.8 Å². The maximum absolute atomic E-state index is 9.50. The van der Waals surface area contributed by atoms with Gasteiger partial charge in [0.15, 0.2) is 0 Å². The fraction of sp³-hybridized carbons (Fsp3) is 0.250. The second kappa shape index (κ2) is 16.4. The Kier molecular flexibility index (Phi) is 22.2. The van der Waals surface area contributed by atoms with E-state index in [1.165, 1.54) is 12.2 Å². The van der Waals surface area contributed by atoms with Crippen molar-refractivity contribution in [2.45, 2.75) is 0 Å². The van der Waals surface area contributed by atoms with Gasteiger partial charge in [0.1, 0.15) is 0 Å². The van der Waals surface area contributed by atoms with E-state index < -0.39 is 11.9 Å². The average molecular weight is 351 g/mol. The largest absolute Gasteiger partial charge is 2.00 e. The number of rotatable bonds is 4. The fourth-order valence-electron chi connectivity index (χ4n) is 0.282. The molecule has 0 rings (SSSR count). The van der Waals surface area contributed by atoms with Gasteiger partial charge in [0.05, 0.1) is 11.9 Å². The molecule has 0 radical (unpaired) electrons. The summed E-state index contributed by atoms with van der Waals surface area (Å²) in [5.41, 5.74) is 0. The molecule has 0 bridgehead atoms. The molecular formula is C8H8CdCl2O4. The maximum Gasteiger partial charge on any atom is 2.00 e. The van der Waals surface area contributed by atoms with Crippen LogP contribution in [0, 0.1) is 0 Å². The van der Waals surface area contributed by atoms with Crippen molar-refractivity contribution < 1.29 is 47.1 Å². The first kappa shape index (κ1) is 20.3. The minimum atomic E-state index is -1.21. The molecule has 0 spiro atoms. The van der Waals surface area contributed by atoms with Gasteiger partial charge in [0.2, 0.25) is 0 Å². The summed E-state index contributed by atoms with van der Waals surface area (Å²) in [4.78, 5) is 19.0. The van der Waals surface area contributed by atoms with Gasteiger partial charge in [-0.3, -0.25) is 0 Å². The molecule has 0 aliphatic rings. The summed E-state index contributed by atoms with van der Waals surface area (Å²) in [7, 11) is 0. The van der Waals surface area contributed by atoms with Crippen LogP contribution in [-0.4, -0.2) is 23.7 Å². The first-order valence-corrected chi connectivity index (χ1v) is 4.48. The number of carbonyl (C=O) groups is 2. The number of hydrogen-bond acceptors (Lipinski definition) is 4. The first-order chi connectivity index (χ1) is 6.54. The molecule has 0 heterocycles. The van der Waals surface area contributed by atoms with Crippen LogP contribution >= 0.6 is 23.2 Å². The van der Waals surface area contributed by atoms with Crippen molar-refractivity contribution >= 4 is 35.1 Å². The molecule has 0 atom stereocenters. The van der Waals surface area contributed by atoms with Crippen molar-refractivity contribution in [3.63, 3.8) is 0 Å². The minimum Gasteiger partial charge on any atom is -0.545 e. The van der Waals surface area contributed by atoms with Crippen LogP contribution < -0.4 is 10.2 Å². The number of carbonyl (C=O) groups excluding carboxylic acids is 2. The topological polar surface area (TPSA) is 80.3 Å². The van der Waals surface area contributed by atoms with Crippen LogP contribution in [0.1, 0.15) is 0 Å². The molecule has 0 saturated carbocycles. The predicted octanol–water partition coefficient (Wildman–Crippen LogP) is -0.940. The van der Waals surface area contributed by atoms with Gasteiger partial charge in [-0.25, -0.2) is 0 Å². The summed E-state index contributed by atoms with van der Waals surface area (Å²) in [5, 5.41) is 19.0. The molecule has 0 N–H and O–H groups in total.